The fraction of sp³-hybridized carbons (Fsp3) is 0.455. The molecule has 0 saturated heterocycles. The van der Waals surface area contributed by atoms with Gasteiger partial charge in [0.05, 0.1) is 25.7 Å². The molecule has 1 unspecified atom stereocenters. The van der Waals surface area contributed by atoms with E-state index in [1.165, 1.54) is 26.4 Å². The Kier molecular flexibility index (Phi) is 4.70. The smallest absolute Gasteiger partial charge is 0.390 e. The van der Waals surface area contributed by atoms with Crippen molar-refractivity contribution in [2.45, 2.75) is 18.6 Å². The standard InChI is InChI=1S/C11H13ClF3NO2/c1-17-8-4-3-6(9(12)10(8)18-2)7(16)5-11(13,14)15/h3-4,7H,5,16H2,1-2H3. The van der Waals surface area contributed by atoms with E-state index in [0.717, 1.165) is 0 Å². The van der Waals surface area contributed by atoms with Gasteiger partial charge in [-0.3, -0.25) is 0 Å². The number of hydrogen-bond acceptors (Lipinski definition) is 3. The van der Waals surface area contributed by atoms with E-state index in [4.69, 9.17) is 26.8 Å². The minimum absolute atomic E-state index is 0.0357. The number of ether oxygens (including phenoxy) is 2. The minimum Gasteiger partial charge on any atom is -0.493 e. The highest BCUT2D eigenvalue weighted by molar-refractivity contribution is 6.33. The highest BCUT2D eigenvalue weighted by Crippen LogP contribution is 2.41. The third kappa shape index (κ3) is 3.43. The summed E-state index contributed by atoms with van der Waals surface area (Å²) in [6, 6.07) is 1.63. The van der Waals surface area contributed by atoms with Gasteiger partial charge in [-0.05, 0) is 11.6 Å². The second-order valence-corrected chi connectivity index (χ2v) is 4.01. The first kappa shape index (κ1) is 14.9. The lowest BCUT2D eigenvalue weighted by molar-refractivity contribution is -0.138. The Labute approximate surface area is 108 Å². The van der Waals surface area contributed by atoms with Crippen molar-refractivity contribution in [3.63, 3.8) is 0 Å². The van der Waals surface area contributed by atoms with Gasteiger partial charge in [0, 0.05) is 6.04 Å². The lowest BCUT2D eigenvalue weighted by Crippen LogP contribution is -2.20. The Bertz CT molecular complexity index is 423. The van der Waals surface area contributed by atoms with E-state index in [9.17, 15) is 13.2 Å². The van der Waals surface area contributed by atoms with Crippen LogP contribution in [0.15, 0.2) is 12.1 Å². The van der Waals surface area contributed by atoms with E-state index in [0.29, 0.717) is 5.75 Å². The summed E-state index contributed by atoms with van der Waals surface area (Å²) >= 11 is 5.96. The molecule has 7 heteroatoms. The van der Waals surface area contributed by atoms with Crippen molar-refractivity contribution < 1.29 is 22.6 Å². The molecule has 0 heterocycles. The molecule has 0 aliphatic rings. The van der Waals surface area contributed by atoms with Gasteiger partial charge in [0.2, 0.25) is 0 Å². The van der Waals surface area contributed by atoms with Gasteiger partial charge in [0.1, 0.15) is 0 Å². The number of alkyl halides is 3. The highest BCUT2D eigenvalue weighted by atomic mass is 35.5. The molecule has 18 heavy (non-hydrogen) atoms. The SMILES string of the molecule is COc1ccc(C(N)CC(F)(F)F)c(Cl)c1OC. The summed E-state index contributed by atoms with van der Waals surface area (Å²) < 4.78 is 46.8. The zero-order valence-electron chi connectivity index (χ0n) is 9.84. The first-order chi connectivity index (χ1) is 8.30. The van der Waals surface area contributed by atoms with Crippen LogP contribution in [0.2, 0.25) is 5.02 Å². The molecule has 1 aromatic carbocycles. The van der Waals surface area contributed by atoms with Crippen LogP contribution in [0.25, 0.3) is 0 Å². The zero-order chi connectivity index (χ0) is 13.9. The van der Waals surface area contributed by atoms with Crippen molar-refractivity contribution in [3.8, 4) is 11.5 Å². The maximum absolute atomic E-state index is 12.3. The Morgan fingerprint density at radius 3 is 2.33 bits per heavy atom. The number of nitrogens with two attached hydrogens (primary N) is 1. The number of benzene rings is 1. The molecule has 1 atom stereocenters. The second-order valence-electron chi connectivity index (χ2n) is 3.63. The molecular formula is C11H13ClF3NO2. The number of methoxy groups -OCH3 is 2. The normalized spacial score (nSPS) is 13.3. The number of halogens is 4. The third-order valence-electron chi connectivity index (χ3n) is 2.37. The number of hydrogen-bond donors (Lipinski definition) is 1. The van der Waals surface area contributed by atoms with Crippen LogP contribution in [0, 0.1) is 0 Å². The van der Waals surface area contributed by atoms with Gasteiger partial charge < -0.3 is 15.2 Å². The van der Waals surface area contributed by atoms with Crippen LogP contribution in [0.5, 0.6) is 11.5 Å². The molecule has 0 bridgehead atoms. The topological polar surface area (TPSA) is 44.5 Å². The molecule has 0 aliphatic carbocycles. The van der Waals surface area contributed by atoms with Crippen molar-refractivity contribution in [1.82, 2.24) is 0 Å². The Balaban J connectivity index is 3.11. The van der Waals surface area contributed by atoms with E-state index in [1.54, 1.807) is 0 Å². The van der Waals surface area contributed by atoms with Gasteiger partial charge in [-0.1, -0.05) is 17.7 Å². The second kappa shape index (κ2) is 5.67. The summed E-state index contributed by atoms with van der Waals surface area (Å²) in [7, 11) is 2.76. The fourth-order valence-electron chi connectivity index (χ4n) is 1.55. The molecule has 0 radical (unpaired) electrons. The van der Waals surface area contributed by atoms with Gasteiger partial charge in [0.25, 0.3) is 0 Å². The first-order valence-corrected chi connectivity index (χ1v) is 5.40. The maximum atomic E-state index is 12.3. The molecular weight excluding hydrogens is 271 g/mol. The van der Waals surface area contributed by atoms with E-state index in [2.05, 4.69) is 0 Å². The molecule has 1 rings (SSSR count). The van der Waals surface area contributed by atoms with Crippen LogP contribution in [-0.4, -0.2) is 20.4 Å². The van der Waals surface area contributed by atoms with Gasteiger partial charge >= 0.3 is 6.18 Å². The summed E-state index contributed by atoms with van der Waals surface area (Å²) in [4.78, 5) is 0. The summed E-state index contributed by atoms with van der Waals surface area (Å²) in [6.07, 6.45) is -5.50. The first-order valence-electron chi connectivity index (χ1n) is 5.03. The van der Waals surface area contributed by atoms with E-state index < -0.39 is 18.6 Å². The predicted molar refractivity (Wildman–Crippen MR) is 62.2 cm³/mol. The summed E-state index contributed by atoms with van der Waals surface area (Å²) in [5, 5.41) is 0.0357. The molecule has 0 fully saturated rings. The molecule has 0 amide bonds. The van der Waals surface area contributed by atoms with Crippen LogP contribution in [0.3, 0.4) is 0 Å². The average molecular weight is 284 g/mol. The van der Waals surface area contributed by atoms with Gasteiger partial charge in [-0.25, -0.2) is 0 Å². The van der Waals surface area contributed by atoms with Gasteiger partial charge in [-0.2, -0.15) is 13.2 Å². The molecule has 0 aliphatic heterocycles. The van der Waals surface area contributed by atoms with Crippen molar-refractivity contribution >= 4 is 11.6 Å². The molecule has 0 aromatic heterocycles. The Morgan fingerprint density at radius 2 is 1.89 bits per heavy atom. The lowest BCUT2D eigenvalue weighted by Gasteiger charge is -2.18. The van der Waals surface area contributed by atoms with Crippen molar-refractivity contribution in [3.05, 3.63) is 22.7 Å². The highest BCUT2D eigenvalue weighted by Gasteiger charge is 2.32. The van der Waals surface area contributed by atoms with Gasteiger partial charge in [0.15, 0.2) is 11.5 Å². The largest absolute Gasteiger partial charge is 0.493 e. The molecule has 102 valence electrons. The average Bonchev–Trinajstić information content (AvgIpc) is 2.25. The lowest BCUT2D eigenvalue weighted by atomic mass is 10.0. The summed E-state index contributed by atoms with van der Waals surface area (Å²) in [5.74, 6) is 0.514. The summed E-state index contributed by atoms with van der Waals surface area (Å²) in [5.41, 5.74) is 5.67. The molecule has 0 saturated carbocycles. The molecule has 3 nitrogen and oxygen atoms in total. The van der Waals surface area contributed by atoms with E-state index in [-0.39, 0.29) is 16.3 Å². The van der Waals surface area contributed by atoms with Crippen molar-refractivity contribution in [2.75, 3.05) is 14.2 Å². The maximum Gasteiger partial charge on any atom is 0.390 e. The predicted octanol–water partition coefficient (Wildman–Crippen LogP) is 3.31. The van der Waals surface area contributed by atoms with Gasteiger partial charge in [-0.15, -0.1) is 0 Å². The fourth-order valence-corrected chi connectivity index (χ4v) is 1.92. The quantitative estimate of drug-likeness (QED) is 0.922. The monoisotopic (exact) mass is 283 g/mol. The van der Waals surface area contributed by atoms with Crippen LogP contribution in [0.1, 0.15) is 18.0 Å². The van der Waals surface area contributed by atoms with E-state index in [1.807, 2.05) is 0 Å². The Hall–Kier alpha value is -1.14. The van der Waals surface area contributed by atoms with Crippen LogP contribution in [-0.2, 0) is 0 Å². The van der Waals surface area contributed by atoms with E-state index >= 15 is 0 Å². The molecule has 0 spiro atoms. The van der Waals surface area contributed by atoms with Crippen molar-refractivity contribution in [2.24, 2.45) is 5.73 Å². The summed E-state index contributed by atoms with van der Waals surface area (Å²) in [6.45, 7) is 0. The number of rotatable bonds is 4. The molecule has 1 aromatic rings. The van der Waals surface area contributed by atoms with Crippen LogP contribution < -0.4 is 15.2 Å². The third-order valence-corrected chi connectivity index (χ3v) is 2.76. The minimum atomic E-state index is -4.35. The zero-order valence-corrected chi connectivity index (χ0v) is 10.6. The Morgan fingerprint density at radius 1 is 1.28 bits per heavy atom. The van der Waals surface area contributed by atoms with Crippen LogP contribution >= 0.6 is 11.6 Å². The van der Waals surface area contributed by atoms with Crippen LogP contribution in [0.4, 0.5) is 13.2 Å². The van der Waals surface area contributed by atoms with Crippen molar-refractivity contribution in [1.29, 1.82) is 0 Å². The molecule has 2 N–H and O–H groups in total.